The first-order valence-corrected chi connectivity index (χ1v) is 7.96. The first kappa shape index (κ1) is 19.2. The number of esters is 1. The van der Waals surface area contributed by atoms with Crippen molar-refractivity contribution in [1.29, 1.82) is 0 Å². The lowest BCUT2D eigenvalue weighted by atomic mass is 10.1. The third kappa shape index (κ3) is 5.46. The van der Waals surface area contributed by atoms with Gasteiger partial charge in [0.15, 0.2) is 11.5 Å². The molecule has 0 aliphatic rings. The van der Waals surface area contributed by atoms with Crippen LogP contribution in [0.15, 0.2) is 48.5 Å². The molecule has 0 spiro atoms. The molecule has 6 heteroatoms. The smallest absolute Gasteiger partial charge is 0.308 e. The molecule has 1 amide bonds. The molecule has 0 aromatic heterocycles. The first-order chi connectivity index (χ1) is 12.5. The molecule has 0 aliphatic carbocycles. The molecule has 0 bridgehead atoms. The average molecular weight is 355 g/mol. The minimum Gasteiger partial charge on any atom is -0.493 e. The van der Waals surface area contributed by atoms with E-state index in [0.29, 0.717) is 29.4 Å². The Morgan fingerprint density at radius 2 is 1.85 bits per heavy atom. The van der Waals surface area contributed by atoms with Gasteiger partial charge in [-0.25, -0.2) is 0 Å². The number of amides is 1. The molecule has 0 atom stereocenters. The van der Waals surface area contributed by atoms with E-state index in [4.69, 9.17) is 14.2 Å². The van der Waals surface area contributed by atoms with Gasteiger partial charge in [0.25, 0.3) is 0 Å². The van der Waals surface area contributed by atoms with Gasteiger partial charge in [-0.1, -0.05) is 24.3 Å². The van der Waals surface area contributed by atoms with Crippen LogP contribution in [0, 0.1) is 0 Å². The van der Waals surface area contributed by atoms with E-state index in [-0.39, 0.29) is 5.91 Å². The van der Waals surface area contributed by atoms with Crippen LogP contribution in [0.1, 0.15) is 18.1 Å². The summed E-state index contributed by atoms with van der Waals surface area (Å²) in [7, 11) is 3.09. The Morgan fingerprint density at radius 1 is 1.08 bits per heavy atom. The summed E-state index contributed by atoms with van der Waals surface area (Å²) in [4.78, 5) is 23.4. The largest absolute Gasteiger partial charge is 0.493 e. The SMILES string of the molecule is COCc1ccccc1NC(=O)/C=C/c1ccc(OC)c(OC(C)=O)c1. The highest BCUT2D eigenvalue weighted by Gasteiger charge is 2.08. The van der Waals surface area contributed by atoms with E-state index in [1.165, 1.54) is 20.1 Å². The Morgan fingerprint density at radius 3 is 2.54 bits per heavy atom. The minimum absolute atomic E-state index is 0.279. The van der Waals surface area contributed by atoms with Crippen molar-refractivity contribution >= 4 is 23.6 Å². The lowest BCUT2D eigenvalue weighted by molar-refractivity contribution is -0.132. The molecule has 0 heterocycles. The summed E-state index contributed by atoms with van der Waals surface area (Å²) in [5, 5.41) is 2.82. The van der Waals surface area contributed by atoms with Crippen LogP contribution < -0.4 is 14.8 Å². The van der Waals surface area contributed by atoms with E-state index in [0.717, 1.165) is 5.56 Å². The summed E-state index contributed by atoms with van der Waals surface area (Å²) in [5.74, 6) is 0.0126. The number of nitrogens with one attached hydrogen (secondary N) is 1. The summed E-state index contributed by atoms with van der Waals surface area (Å²) >= 11 is 0. The third-order valence-electron chi connectivity index (χ3n) is 3.44. The fourth-order valence-corrected chi connectivity index (χ4v) is 2.30. The Balaban J connectivity index is 2.12. The summed E-state index contributed by atoms with van der Waals surface area (Å²) in [5.41, 5.74) is 2.28. The van der Waals surface area contributed by atoms with Crippen LogP contribution >= 0.6 is 0 Å². The van der Waals surface area contributed by atoms with Crippen molar-refractivity contribution < 1.29 is 23.8 Å². The van der Waals surface area contributed by atoms with Gasteiger partial charge in [-0.2, -0.15) is 0 Å². The van der Waals surface area contributed by atoms with E-state index in [1.54, 1.807) is 31.4 Å². The molecule has 0 fully saturated rings. The molecule has 1 N–H and O–H groups in total. The number of carbonyl (C=O) groups excluding carboxylic acids is 2. The number of para-hydroxylation sites is 1. The topological polar surface area (TPSA) is 73.9 Å². The van der Waals surface area contributed by atoms with Gasteiger partial charge in [0, 0.05) is 31.4 Å². The lowest BCUT2D eigenvalue weighted by Crippen LogP contribution is -2.10. The maximum absolute atomic E-state index is 12.2. The second-order valence-electron chi connectivity index (χ2n) is 5.42. The van der Waals surface area contributed by atoms with Crippen LogP contribution in [0.5, 0.6) is 11.5 Å². The van der Waals surface area contributed by atoms with Gasteiger partial charge in [-0.3, -0.25) is 9.59 Å². The van der Waals surface area contributed by atoms with Crippen LogP contribution in [0.3, 0.4) is 0 Å². The van der Waals surface area contributed by atoms with Crippen LogP contribution in [-0.2, 0) is 20.9 Å². The van der Waals surface area contributed by atoms with Gasteiger partial charge in [0.1, 0.15) is 0 Å². The van der Waals surface area contributed by atoms with Gasteiger partial charge in [-0.05, 0) is 29.8 Å². The number of anilines is 1. The Bertz CT molecular complexity index is 814. The van der Waals surface area contributed by atoms with Crippen molar-refractivity contribution in [1.82, 2.24) is 0 Å². The van der Waals surface area contributed by atoms with Crippen molar-refractivity contribution in [2.45, 2.75) is 13.5 Å². The normalized spacial score (nSPS) is 10.6. The highest BCUT2D eigenvalue weighted by Crippen LogP contribution is 2.28. The van der Waals surface area contributed by atoms with Crippen molar-refractivity contribution in [2.75, 3.05) is 19.5 Å². The standard InChI is InChI=1S/C20H21NO5/c1-14(22)26-19-12-15(8-10-18(19)25-3)9-11-20(23)21-17-7-5-4-6-16(17)13-24-2/h4-12H,13H2,1-3H3,(H,21,23)/b11-9+. The lowest BCUT2D eigenvalue weighted by Gasteiger charge is -2.09. The number of hydrogen-bond acceptors (Lipinski definition) is 5. The van der Waals surface area contributed by atoms with Crippen molar-refractivity contribution in [2.24, 2.45) is 0 Å². The predicted molar refractivity (Wildman–Crippen MR) is 99.1 cm³/mol. The zero-order valence-corrected chi connectivity index (χ0v) is 14.9. The maximum Gasteiger partial charge on any atom is 0.308 e. The zero-order chi connectivity index (χ0) is 18.9. The molecule has 26 heavy (non-hydrogen) atoms. The van der Waals surface area contributed by atoms with E-state index < -0.39 is 5.97 Å². The minimum atomic E-state index is -0.447. The molecule has 136 valence electrons. The number of hydrogen-bond donors (Lipinski definition) is 1. The molecule has 0 unspecified atom stereocenters. The van der Waals surface area contributed by atoms with E-state index in [2.05, 4.69) is 5.32 Å². The number of ether oxygens (including phenoxy) is 3. The quantitative estimate of drug-likeness (QED) is 0.468. The maximum atomic E-state index is 12.2. The monoisotopic (exact) mass is 355 g/mol. The van der Waals surface area contributed by atoms with Gasteiger partial charge in [-0.15, -0.1) is 0 Å². The molecular weight excluding hydrogens is 334 g/mol. The fraction of sp³-hybridized carbons (Fsp3) is 0.200. The van der Waals surface area contributed by atoms with Crippen molar-refractivity contribution in [3.05, 3.63) is 59.7 Å². The molecular formula is C20H21NO5. The summed E-state index contributed by atoms with van der Waals surface area (Å²) in [6.45, 7) is 1.72. The number of rotatable bonds is 7. The molecule has 0 saturated carbocycles. The van der Waals surface area contributed by atoms with Crippen LogP contribution in [-0.4, -0.2) is 26.1 Å². The molecule has 2 rings (SSSR count). The molecule has 0 saturated heterocycles. The number of benzene rings is 2. The van der Waals surface area contributed by atoms with Crippen molar-refractivity contribution in [3.63, 3.8) is 0 Å². The van der Waals surface area contributed by atoms with Crippen LogP contribution in [0.2, 0.25) is 0 Å². The summed E-state index contributed by atoms with van der Waals surface area (Å²) in [6, 6.07) is 12.5. The molecule has 2 aromatic rings. The second-order valence-corrected chi connectivity index (χ2v) is 5.42. The van der Waals surface area contributed by atoms with E-state index >= 15 is 0 Å². The number of carbonyl (C=O) groups is 2. The number of methoxy groups -OCH3 is 2. The summed E-state index contributed by atoms with van der Waals surface area (Å²) < 4.78 is 15.4. The highest BCUT2D eigenvalue weighted by molar-refractivity contribution is 6.02. The van der Waals surface area contributed by atoms with Gasteiger partial charge in [0.05, 0.1) is 13.7 Å². The van der Waals surface area contributed by atoms with Gasteiger partial charge >= 0.3 is 5.97 Å². The van der Waals surface area contributed by atoms with Gasteiger partial charge < -0.3 is 19.5 Å². The average Bonchev–Trinajstić information content (AvgIpc) is 2.61. The molecule has 2 aromatic carbocycles. The van der Waals surface area contributed by atoms with Gasteiger partial charge in [0.2, 0.25) is 5.91 Å². The van der Waals surface area contributed by atoms with Crippen LogP contribution in [0.4, 0.5) is 5.69 Å². The fourth-order valence-electron chi connectivity index (χ4n) is 2.30. The van der Waals surface area contributed by atoms with Crippen molar-refractivity contribution in [3.8, 4) is 11.5 Å². The molecule has 0 radical (unpaired) electrons. The first-order valence-electron chi connectivity index (χ1n) is 7.96. The molecule has 0 aliphatic heterocycles. The predicted octanol–water partition coefficient (Wildman–Crippen LogP) is 3.42. The Kier molecular flexibility index (Phi) is 6.93. The van der Waals surface area contributed by atoms with E-state index in [1.807, 2.05) is 24.3 Å². The Labute approximate surface area is 152 Å². The zero-order valence-electron chi connectivity index (χ0n) is 14.9. The highest BCUT2D eigenvalue weighted by atomic mass is 16.6. The second kappa shape index (κ2) is 9.39. The summed E-state index contributed by atoms with van der Waals surface area (Å²) in [6.07, 6.45) is 3.03. The Hall–Kier alpha value is -3.12. The molecule has 6 nitrogen and oxygen atoms in total. The van der Waals surface area contributed by atoms with Crippen LogP contribution in [0.25, 0.3) is 6.08 Å². The van der Waals surface area contributed by atoms with E-state index in [9.17, 15) is 9.59 Å². The third-order valence-corrected chi connectivity index (χ3v) is 3.44.